The van der Waals surface area contributed by atoms with Crippen LogP contribution in [0.25, 0.3) is 0 Å². The van der Waals surface area contributed by atoms with Crippen LogP contribution in [0.5, 0.6) is 5.75 Å². The maximum absolute atomic E-state index is 13.3. The summed E-state index contributed by atoms with van der Waals surface area (Å²) >= 11 is 0. The molecule has 0 bridgehead atoms. The Morgan fingerprint density at radius 2 is 2.10 bits per heavy atom. The van der Waals surface area contributed by atoms with Gasteiger partial charge in [0.1, 0.15) is 5.60 Å². The number of hydrogen-bond donors (Lipinski definition) is 2. The topological polar surface area (TPSA) is 73.6 Å². The molecule has 0 heterocycles. The van der Waals surface area contributed by atoms with E-state index < -0.39 is 23.6 Å². The smallest absolute Gasteiger partial charge is 0.407 e. The molecule has 1 aromatic carbocycles. The zero-order valence-electron chi connectivity index (χ0n) is 12.2. The second kappa shape index (κ2) is 6.56. The van der Waals surface area contributed by atoms with E-state index in [9.17, 15) is 9.18 Å². The maximum atomic E-state index is 13.3. The van der Waals surface area contributed by atoms with Crippen LogP contribution in [0.1, 0.15) is 32.4 Å². The van der Waals surface area contributed by atoms with Crippen molar-refractivity contribution in [2.45, 2.75) is 32.4 Å². The standard InChI is InChI=1S/C14H21FN2O3/c1-14(2,3)20-13(18)17-8-11(16)9-5-6-10(15)12(7-9)19-4/h5-7,11H,8,16H2,1-4H3,(H,17,18). The third-order valence-electron chi connectivity index (χ3n) is 2.47. The van der Waals surface area contributed by atoms with Gasteiger partial charge < -0.3 is 20.5 Å². The molecule has 1 amide bonds. The van der Waals surface area contributed by atoms with Crippen molar-refractivity contribution in [2.24, 2.45) is 5.73 Å². The fourth-order valence-electron chi connectivity index (χ4n) is 1.53. The van der Waals surface area contributed by atoms with Crippen molar-refractivity contribution in [1.29, 1.82) is 0 Å². The monoisotopic (exact) mass is 284 g/mol. The summed E-state index contributed by atoms with van der Waals surface area (Å²) in [5.41, 5.74) is 6.04. The highest BCUT2D eigenvalue weighted by Gasteiger charge is 2.17. The van der Waals surface area contributed by atoms with Gasteiger partial charge >= 0.3 is 6.09 Å². The highest BCUT2D eigenvalue weighted by Crippen LogP contribution is 2.21. The summed E-state index contributed by atoms with van der Waals surface area (Å²) in [7, 11) is 1.38. The number of ether oxygens (including phenoxy) is 2. The minimum Gasteiger partial charge on any atom is -0.494 e. The molecule has 0 spiro atoms. The SMILES string of the molecule is COc1cc(C(N)CNC(=O)OC(C)(C)C)ccc1F. The molecule has 1 unspecified atom stereocenters. The molecule has 0 saturated heterocycles. The normalized spacial score (nSPS) is 12.7. The van der Waals surface area contributed by atoms with Crippen molar-refractivity contribution in [3.63, 3.8) is 0 Å². The summed E-state index contributed by atoms with van der Waals surface area (Å²) in [5, 5.41) is 2.57. The first kappa shape index (κ1) is 16.2. The summed E-state index contributed by atoms with van der Waals surface area (Å²) in [4.78, 5) is 11.5. The number of rotatable bonds is 4. The second-order valence-corrected chi connectivity index (χ2v) is 5.38. The Bertz CT molecular complexity index is 472. The fraction of sp³-hybridized carbons (Fsp3) is 0.500. The number of amides is 1. The Kier molecular flexibility index (Phi) is 5.33. The van der Waals surface area contributed by atoms with Crippen LogP contribution in [0.15, 0.2) is 18.2 Å². The van der Waals surface area contributed by atoms with Gasteiger partial charge in [-0.25, -0.2) is 9.18 Å². The Hall–Kier alpha value is -1.82. The molecule has 1 atom stereocenters. The lowest BCUT2D eigenvalue weighted by Gasteiger charge is -2.21. The highest BCUT2D eigenvalue weighted by atomic mass is 19.1. The van der Waals surface area contributed by atoms with E-state index in [1.54, 1.807) is 26.8 Å². The molecule has 5 nitrogen and oxygen atoms in total. The zero-order chi connectivity index (χ0) is 15.3. The Balaban J connectivity index is 2.59. The van der Waals surface area contributed by atoms with E-state index in [0.29, 0.717) is 5.56 Å². The van der Waals surface area contributed by atoms with Crippen LogP contribution in [-0.2, 0) is 4.74 Å². The van der Waals surface area contributed by atoms with Crippen LogP contribution in [0.2, 0.25) is 0 Å². The molecule has 0 fully saturated rings. The second-order valence-electron chi connectivity index (χ2n) is 5.38. The summed E-state index contributed by atoms with van der Waals surface area (Å²) in [6.07, 6.45) is -0.540. The lowest BCUT2D eigenvalue weighted by molar-refractivity contribution is 0.0524. The Morgan fingerprint density at radius 3 is 2.65 bits per heavy atom. The molecule has 1 rings (SSSR count). The van der Waals surface area contributed by atoms with E-state index in [1.165, 1.54) is 19.2 Å². The molecular formula is C14H21FN2O3. The predicted octanol–water partition coefficient (Wildman–Crippen LogP) is 2.36. The van der Waals surface area contributed by atoms with Crippen LogP contribution >= 0.6 is 0 Å². The minimum absolute atomic E-state index is 0.121. The van der Waals surface area contributed by atoms with E-state index in [4.69, 9.17) is 15.2 Å². The van der Waals surface area contributed by atoms with Gasteiger partial charge in [-0.3, -0.25) is 0 Å². The largest absolute Gasteiger partial charge is 0.494 e. The van der Waals surface area contributed by atoms with Gasteiger partial charge in [-0.1, -0.05) is 6.07 Å². The molecule has 6 heteroatoms. The van der Waals surface area contributed by atoms with Gasteiger partial charge in [0, 0.05) is 12.6 Å². The first-order valence-electron chi connectivity index (χ1n) is 6.29. The lowest BCUT2D eigenvalue weighted by Crippen LogP contribution is -2.36. The molecule has 0 aromatic heterocycles. The van der Waals surface area contributed by atoms with Gasteiger partial charge in [-0.05, 0) is 38.5 Å². The molecule has 1 aromatic rings. The number of carbonyl (C=O) groups is 1. The summed E-state index contributed by atoms with van der Waals surface area (Å²) in [6, 6.07) is 3.87. The number of carbonyl (C=O) groups excluding carboxylic acids is 1. The Labute approximate surface area is 118 Å². The number of hydrogen-bond acceptors (Lipinski definition) is 4. The van der Waals surface area contributed by atoms with Crippen molar-refractivity contribution in [2.75, 3.05) is 13.7 Å². The first-order valence-corrected chi connectivity index (χ1v) is 6.29. The van der Waals surface area contributed by atoms with E-state index >= 15 is 0 Å². The summed E-state index contributed by atoms with van der Waals surface area (Å²) in [6.45, 7) is 5.51. The van der Waals surface area contributed by atoms with Crippen molar-refractivity contribution in [3.05, 3.63) is 29.6 Å². The van der Waals surface area contributed by atoms with Gasteiger partial charge in [-0.2, -0.15) is 0 Å². The molecular weight excluding hydrogens is 263 g/mol. The minimum atomic E-state index is -0.562. The molecule has 0 saturated carbocycles. The van der Waals surface area contributed by atoms with Crippen molar-refractivity contribution >= 4 is 6.09 Å². The van der Waals surface area contributed by atoms with Crippen LogP contribution in [0, 0.1) is 5.82 Å². The van der Waals surface area contributed by atoms with Crippen molar-refractivity contribution in [1.82, 2.24) is 5.32 Å². The van der Waals surface area contributed by atoms with Crippen LogP contribution in [0.3, 0.4) is 0 Å². The number of benzene rings is 1. The van der Waals surface area contributed by atoms with Crippen LogP contribution in [0.4, 0.5) is 9.18 Å². The molecule has 0 aliphatic heterocycles. The molecule has 112 valence electrons. The number of nitrogens with two attached hydrogens (primary N) is 1. The summed E-state index contributed by atoms with van der Waals surface area (Å²) in [5.74, 6) is -0.334. The van der Waals surface area contributed by atoms with Gasteiger partial charge in [0.2, 0.25) is 0 Å². The van der Waals surface area contributed by atoms with E-state index in [-0.39, 0.29) is 12.3 Å². The van der Waals surface area contributed by atoms with E-state index in [0.717, 1.165) is 0 Å². The van der Waals surface area contributed by atoms with E-state index in [1.807, 2.05) is 0 Å². The fourth-order valence-corrected chi connectivity index (χ4v) is 1.53. The number of nitrogens with one attached hydrogen (secondary N) is 1. The maximum Gasteiger partial charge on any atom is 0.407 e. The van der Waals surface area contributed by atoms with Gasteiger partial charge in [0.05, 0.1) is 7.11 Å². The zero-order valence-corrected chi connectivity index (χ0v) is 12.2. The molecule has 3 N–H and O–H groups in total. The lowest BCUT2D eigenvalue weighted by atomic mass is 10.1. The quantitative estimate of drug-likeness (QED) is 0.890. The third-order valence-corrected chi connectivity index (χ3v) is 2.47. The molecule has 0 aliphatic rings. The number of halogens is 1. The molecule has 0 radical (unpaired) electrons. The third kappa shape index (κ3) is 5.05. The number of alkyl carbamates (subject to hydrolysis) is 1. The average Bonchev–Trinajstić information content (AvgIpc) is 2.34. The first-order chi connectivity index (χ1) is 9.23. The molecule has 20 heavy (non-hydrogen) atoms. The highest BCUT2D eigenvalue weighted by molar-refractivity contribution is 5.67. The van der Waals surface area contributed by atoms with Gasteiger partial charge in [0.25, 0.3) is 0 Å². The van der Waals surface area contributed by atoms with Crippen LogP contribution < -0.4 is 15.8 Å². The van der Waals surface area contributed by atoms with Crippen molar-refractivity contribution < 1.29 is 18.7 Å². The Morgan fingerprint density at radius 1 is 1.45 bits per heavy atom. The summed E-state index contributed by atoms with van der Waals surface area (Å²) < 4.78 is 23.3. The van der Waals surface area contributed by atoms with Gasteiger partial charge in [0.15, 0.2) is 11.6 Å². The predicted molar refractivity (Wildman–Crippen MR) is 74.1 cm³/mol. The number of methoxy groups -OCH3 is 1. The average molecular weight is 284 g/mol. The van der Waals surface area contributed by atoms with Crippen LogP contribution in [-0.4, -0.2) is 25.3 Å². The van der Waals surface area contributed by atoms with E-state index in [2.05, 4.69) is 5.32 Å². The molecule has 0 aliphatic carbocycles. The van der Waals surface area contributed by atoms with Gasteiger partial charge in [-0.15, -0.1) is 0 Å². The van der Waals surface area contributed by atoms with Crippen molar-refractivity contribution in [3.8, 4) is 5.75 Å².